The lowest BCUT2D eigenvalue weighted by Crippen LogP contribution is -2.43. The first-order valence-electron chi connectivity index (χ1n) is 7.06. The lowest BCUT2D eigenvalue weighted by molar-refractivity contribution is -0.132. The first-order chi connectivity index (χ1) is 8.40. The number of nitrogens with zero attached hydrogens (tertiary/aromatic N) is 1. The van der Waals surface area contributed by atoms with Crippen molar-refractivity contribution >= 4 is 18.3 Å². The summed E-state index contributed by atoms with van der Waals surface area (Å²) in [4.78, 5) is 14.0. The van der Waals surface area contributed by atoms with Crippen LogP contribution in [0.1, 0.15) is 40.5 Å². The van der Waals surface area contributed by atoms with Gasteiger partial charge in [-0.3, -0.25) is 4.79 Å². The van der Waals surface area contributed by atoms with Crippen LogP contribution in [0.3, 0.4) is 0 Å². The maximum Gasteiger partial charge on any atom is 0.239 e. The van der Waals surface area contributed by atoms with E-state index in [2.05, 4.69) is 27.7 Å². The standard InChI is InChI=1S/C14H28N2O2.ClH/c1-10(2)7-13(15)14(17)16-6-5-12(8-16)18-9-11(3)4;/h10-13H,5-9,15H2,1-4H3;1H/t12?,13-;/m0./s1. The van der Waals surface area contributed by atoms with E-state index in [9.17, 15) is 4.79 Å². The van der Waals surface area contributed by atoms with Crippen LogP contribution in [0.5, 0.6) is 0 Å². The van der Waals surface area contributed by atoms with Gasteiger partial charge in [-0.2, -0.15) is 0 Å². The molecule has 2 atom stereocenters. The van der Waals surface area contributed by atoms with Crippen LogP contribution < -0.4 is 5.73 Å². The molecule has 1 heterocycles. The van der Waals surface area contributed by atoms with Gasteiger partial charge < -0.3 is 15.4 Å². The van der Waals surface area contributed by atoms with E-state index in [0.717, 1.165) is 26.0 Å². The summed E-state index contributed by atoms with van der Waals surface area (Å²) in [5.41, 5.74) is 5.93. The van der Waals surface area contributed by atoms with E-state index in [1.807, 2.05) is 4.90 Å². The summed E-state index contributed by atoms with van der Waals surface area (Å²) in [7, 11) is 0. The van der Waals surface area contributed by atoms with Crippen molar-refractivity contribution in [3.05, 3.63) is 0 Å². The Hall–Kier alpha value is -0.320. The highest BCUT2D eigenvalue weighted by atomic mass is 35.5. The van der Waals surface area contributed by atoms with Crippen molar-refractivity contribution in [3.63, 3.8) is 0 Å². The van der Waals surface area contributed by atoms with Crippen LogP contribution in [0, 0.1) is 11.8 Å². The minimum absolute atomic E-state index is 0. The summed E-state index contributed by atoms with van der Waals surface area (Å²) in [6.45, 7) is 10.7. The van der Waals surface area contributed by atoms with Crippen LogP contribution in [0.25, 0.3) is 0 Å². The first kappa shape index (κ1) is 18.7. The molecule has 0 aromatic heterocycles. The van der Waals surface area contributed by atoms with Crippen molar-refractivity contribution in [2.45, 2.75) is 52.7 Å². The molecule has 1 aliphatic heterocycles. The third kappa shape index (κ3) is 6.59. The Kier molecular flexibility index (Phi) is 8.62. The molecule has 2 N–H and O–H groups in total. The number of carbonyl (C=O) groups is 1. The van der Waals surface area contributed by atoms with E-state index >= 15 is 0 Å². The number of hydrogen-bond acceptors (Lipinski definition) is 3. The van der Waals surface area contributed by atoms with Crippen LogP contribution in [-0.4, -0.2) is 42.6 Å². The summed E-state index contributed by atoms with van der Waals surface area (Å²) in [6.07, 6.45) is 1.89. The molecule has 4 nitrogen and oxygen atoms in total. The van der Waals surface area contributed by atoms with E-state index in [-0.39, 0.29) is 30.5 Å². The number of carbonyl (C=O) groups excluding carboxylic acids is 1. The van der Waals surface area contributed by atoms with Gasteiger partial charge in [0.1, 0.15) is 0 Å². The Morgan fingerprint density at radius 1 is 1.32 bits per heavy atom. The van der Waals surface area contributed by atoms with Gasteiger partial charge in [-0.1, -0.05) is 27.7 Å². The lowest BCUT2D eigenvalue weighted by atomic mass is 10.0. The highest BCUT2D eigenvalue weighted by Gasteiger charge is 2.29. The summed E-state index contributed by atoms with van der Waals surface area (Å²) in [5, 5.41) is 0. The van der Waals surface area contributed by atoms with Gasteiger partial charge in [0.25, 0.3) is 0 Å². The van der Waals surface area contributed by atoms with Gasteiger partial charge in [0.2, 0.25) is 5.91 Å². The van der Waals surface area contributed by atoms with Gasteiger partial charge in [0, 0.05) is 19.7 Å². The molecule has 1 fully saturated rings. The van der Waals surface area contributed by atoms with E-state index in [4.69, 9.17) is 10.5 Å². The van der Waals surface area contributed by atoms with E-state index < -0.39 is 0 Å². The molecule has 1 rings (SSSR count). The average molecular weight is 293 g/mol. The predicted octanol–water partition coefficient (Wildman–Crippen LogP) is 2.06. The average Bonchev–Trinajstić information content (AvgIpc) is 2.72. The van der Waals surface area contributed by atoms with Gasteiger partial charge in [-0.15, -0.1) is 12.4 Å². The molecule has 1 aliphatic rings. The minimum Gasteiger partial charge on any atom is -0.376 e. The molecule has 5 heteroatoms. The zero-order valence-electron chi connectivity index (χ0n) is 12.6. The van der Waals surface area contributed by atoms with Crippen molar-refractivity contribution < 1.29 is 9.53 Å². The Balaban J connectivity index is 0.00000324. The molecule has 0 spiro atoms. The fourth-order valence-electron chi connectivity index (χ4n) is 2.24. The normalized spacial score (nSPS) is 20.8. The zero-order chi connectivity index (χ0) is 13.7. The second-order valence-electron chi connectivity index (χ2n) is 6.16. The molecular weight excluding hydrogens is 264 g/mol. The fraction of sp³-hybridized carbons (Fsp3) is 0.929. The number of halogens is 1. The van der Waals surface area contributed by atoms with Crippen molar-refractivity contribution in [1.82, 2.24) is 4.90 Å². The maximum absolute atomic E-state index is 12.1. The van der Waals surface area contributed by atoms with Crippen molar-refractivity contribution in [2.75, 3.05) is 19.7 Å². The van der Waals surface area contributed by atoms with Crippen LogP contribution in [0.4, 0.5) is 0 Å². The smallest absolute Gasteiger partial charge is 0.239 e. The number of rotatable bonds is 6. The SMILES string of the molecule is CC(C)COC1CCN(C(=O)[C@@H](N)CC(C)C)C1.Cl. The molecule has 0 radical (unpaired) electrons. The molecule has 114 valence electrons. The first-order valence-corrected chi connectivity index (χ1v) is 7.06. The fourth-order valence-corrected chi connectivity index (χ4v) is 2.24. The Bertz CT molecular complexity index is 272. The third-order valence-electron chi connectivity index (χ3n) is 3.16. The van der Waals surface area contributed by atoms with E-state index in [0.29, 0.717) is 18.4 Å². The highest BCUT2D eigenvalue weighted by molar-refractivity contribution is 5.85. The van der Waals surface area contributed by atoms with Crippen molar-refractivity contribution in [3.8, 4) is 0 Å². The molecule has 0 saturated carbocycles. The van der Waals surface area contributed by atoms with E-state index in [1.54, 1.807) is 0 Å². The molecule has 1 saturated heterocycles. The number of hydrogen-bond donors (Lipinski definition) is 1. The quantitative estimate of drug-likeness (QED) is 0.815. The lowest BCUT2D eigenvalue weighted by Gasteiger charge is -2.22. The summed E-state index contributed by atoms with van der Waals surface area (Å²) >= 11 is 0. The molecule has 0 bridgehead atoms. The molecule has 1 unspecified atom stereocenters. The predicted molar refractivity (Wildman–Crippen MR) is 80.5 cm³/mol. The van der Waals surface area contributed by atoms with Crippen LogP contribution in [0.15, 0.2) is 0 Å². The van der Waals surface area contributed by atoms with Crippen LogP contribution >= 0.6 is 12.4 Å². The third-order valence-corrected chi connectivity index (χ3v) is 3.16. The monoisotopic (exact) mass is 292 g/mol. The second-order valence-corrected chi connectivity index (χ2v) is 6.16. The Morgan fingerprint density at radius 3 is 2.47 bits per heavy atom. The van der Waals surface area contributed by atoms with E-state index in [1.165, 1.54) is 0 Å². The molecular formula is C14H29ClN2O2. The van der Waals surface area contributed by atoms with Crippen LogP contribution in [-0.2, 0) is 9.53 Å². The molecule has 0 aromatic rings. The maximum atomic E-state index is 12.1. The minimum atomic E-state index is -0.353. The highest BCUT2D eigenvalue weighted by Crippen LogP contribution is 2.16. The molecule has 0 aromatic carbocycles. The van der Waals surface area contributed by atoms with Gasteiger partial charge in [0.05, 0.1) is 12.1 Å². The van der Waals surface area contributed by atoms with Crippen molar-refractivity contribution in [1.29, 1.82) is 0 Å². The van der Waals surface area contributed by atoms with Gasteiger partial charge >= 0.3 is 0 Å². The number of likely N-dealkylation sites (tertiary alicyclic amines) is 1. The Labute approximate surface area is 123 Å². The zero-order valence-corrected chi connectivity index (χ0v) is 13.4. The van der Waals surface area contributed by atoms with Gasteiger partial charge in [-0.25, -0.2) is 0 Å². The number of nitrogens with two attached hydrogens (primary N) is 1. The Morgan fingerprint density at radius 2 is 1.95 bits per heavy atom. The topological polar surface area (TPSA) is 55.6 Å². The number of amides is 1. The summed E-state index contributed by atoms with van der Waals surface area (Å²) in [6, 6.07) is -0.353. The second kappa shape index (κ2) is 8.77. The largest absolute Gasteiger partial charge is 0.376 e. The summed E-state index contributed by atoms with van der Waals surface area (Å²) < 4.78 is 5.77. The molecule has 0 aliphatic carbocycles. The van der Waals surface area contributed by atoms with Crippen LogP contribution in [0.2, 0.25) is 0 Å². The van der Waals surface area contributed by atoms with Gasteiger partial charge in [0.15, 0.2) is 0 Å². The number of ether oxygens (including phenoxy) is 1. The summed E-state index contributed by atoms with van der Waals surface area (Å²) in [5.74, 6) is 1.08. The molecule has 1 amide bonds. The van der Waals surface area contributed by atoms with Gasteiger partial charge in [-0.05, 0) is 24.7 Å². The molecule has 19 heavy (non-hydrogen) atoms. The van der Waals surface area contributed by atoms with Crippen molar-refractivity contribution in [2.24, 2.45) is 17.6 Å².